The zero-order valence-corrected chi connectivity index (χ0v) is 16.9. The molecule has 0 saturated heterocycles. The van der Waals surface area contributed by atoms with Gasteiger partial charge < -0.3 is 5.73 Å². The number of anilines is 1. The number of imidazole rings is 1. The Morgan fingerprint density at radius 1 is 1.33 bits per heavy atom. The number of carbonyl (C=O) groups is 1. The van der Waals surface area contributed by atoms with Gasteiger partial charge in [-0.25, -0.2) is 14.2 Å². The van der Waals surface area contributed by atoms with Crippen LogP contribution in [-0.4, -0.2) is 36.8 Å². The minimum absolute atomic E-state index is 0.0317. The number of aryl methyl sites for hydroxylation is 1. The summed E-state index contributed by atoms with van der Waals surface area (Å²) in [4.78, 5) is 41.9. The highest BCUT2D eigenvalue weighted by molar-refractivity contribution is 6.31. The number of fused-ring (bicyclic) bond motifs is 3. The molecule has 12 heteroatoms. The summed E-state index contributed by atoms with van der Waals surface area (Å²) in [6.07, 6.45) is 0. The highest BCUT2D eigenvalue weighted by Crippen LogP contribution is 2.24. The summed E-state index contributed by atoms with van der Waals surface area (Å²) in [5.74, 6) is -1.04. The molecule has 3 aromatic rings. The topological polar surface area (TPSA) is 121 Å². The molecule has 0 saturated carbocycles. The molecule has 156 valence electrons. The number of hydrazone groups is 1. The Bertz CT molecular complexity index is 1330. The third-order valence-electron chi connectivity index (χ3n) is 4.81. The van der Waals surface area contributed by atoms with Crippen LogP contribution in [0.3, 0.4) is 0 Å². The molecule has 0 fully saturated rings. The molecule has 0 bridgehead atoms. The molecule has 1 aliphatic rings. The quantitative estimate of drug-likeness (QED) is 0.639. The number of aromatic nitrogens is 4. The molecular formula is C18H17ClFN7O3. The van der Waals surface area contributed by atoms with Crippen LogP contribution >= 0.6 is 11.6 Å². The summed E-state index contributed by atoms with van der Waals surface area (Å²) in [6, 6.07) is 4.13. The van der Waals surface area contributed by atoms with Crippen LogP contribution < -0.4 is 22.0 Å². The minimum Gasteiger partial charge on any atom is -0.368 e. The molecule has 1 amide bonds. The first kappa shape index (κ1) is 19.8. The van der Waals surface area contributed by atoms with E-state index < -0.39 is 23.0 Å². The molecule has 10 nitrogen and oxygen atoms in total. The fraction of sp³-hybridized carbons (Fsp3) is 0.278. The zero-order chi connectivity index (χ0) is 21.7. The van der Waals surface area contributed by atoms with Gasteiger partial charge >= 0.3 is 5.69 Å². The first-order valence-corrected chi connectivity index (χ1v) is 9.29. The first-order chi connectivity index (χ1) is 14.2. The van der Waals surface area contributed by atoms with Crippen LogP contribution in [0.5, 0.6) is 0 Å². The Kier molecular flexibility index (Phi) is 4.69. The van der Waals surface area contributed by atoms with E-state index in [1.165, 1.54) is 34.8 Å². The number of hydrogen-bond acceptors (Lipinski definition) is 6. The van der Waals surface area contributed by atoms with E-state index in [2.05, 4.69) is 10.1 Å². The maximum Gasteiger partial charge on any atom is 0.332 e. The minimum atomic E-state index is -0.679. The summed E-state index contributed by atoms with van der Waals surface area (Å²) in [7, 11) is 1.45. The van der Waals surface area contributed by atoms with Crippen molar-refractivity contribution in [1.29, 1.82) is 0 Å². The summed E-state index contributed by atoms with van der Waals surface area (Å²) >= 11 is 6.08. The van der Waals surface area contributed by atoms with E-state index in [0.29, 0.717) is 5.71 Å². The van der Waals surface area contributed by atoms with E-state index in [4.69, 9.17) is 17.3 Å². The molecule has 0 spiro atoms. The molecule has 30 heavy (non-hydrogen) atoms. The van der Waals surface area contributed by atoms with Gasteiger partial charge in [-0.3, -0.25) is 23.3 Å². The Balaban J connectivity index is 1.96. The number of carbonyl (C=O) groups excluding carboxylic acids is 1. The van der Waals surface area contributed by atoms with E-state index in [1.807, 2.05) is 0 Å². The van der Waals surface area contributed by atoms with E-state index >= 15 is 0 Å². The van der Waals surface area contributed by atoms with Gasteiger partial charge in [0.25, 0.3) is 5.56 Å². The van der Waals surface area contributed by atoms with Crippen LogP contribution in [-0.2, 0) is 24.9 Å². The van der Waals surface area contributed by atoms with Crippen molar-refractivity contribution in [3.05, 3.63) is 55.4 Å². The predicted molar refractivity (Wildman–Crippen MR) is 109 cm³/mol. The van der Waals surface area contributed by atoms with Crippen LogP contribution in [0.2, 0.25) is 5.02 Å². The van der Waals surface area contributed by atoms with Crippen molar-refractivity contribution in [1.82, 2.24) is 18.7 Å². The Hall–Kier alpha value is -3.47. The lowest BCUT2D eigenvalue weighted by molar-refractivity contribution is -0.116. The fourth-order valence-electron chi connectivity index (χ4n) is 3.45. The maximum atomic E-state index is 14.3. The Morgan fingerprint density at radius 3 is 2.73 bits per heavy atom. The SMILES string of the molecule is CC1=NN(CC(N)=O)c2nc3c(c(=O)n(Cc4c(F)cccc4Cl)c(=O)n3C)n2C1. The average Bonchev–Trinajstić information content (AvgIpc) is 3.05. The van der Waals surface area contributed by atoms with Gasteiger partial charge in [-0.05, 0) is 19.1 Å². The average molecular weight is 434 g/mol. The number of nitrogens with two attached hydrogens (primary N) is 1. The van der Waals surface area contributed by atoms with Crippen LogP contribution in [0.1, 0.15) is 12.5 Å². The van der Waals surface area contributed by atoms with Gasteiger partial charge in [0.1, 0.15) is 12.4 Å². The van der Waals surface area contributed by atoms with Gasteiger partial charge in [-0.15, -0.1) is 0 Å². The van der Waals surface area contributed by atoms with Crippen molar-refractivity contribution < 1.29 is 9.18 Å². The second-order valence-electron chi connectivity index (χ2n) is 6.96. The lowest BCUT2D eigenvalue weighted by Gasteiger charge is -2.23. The summed E-state index contributed by atoms with van der Waals surface area (Å²) in [6.45, 7) is 1.37. The van der Waals surface area contributed by atoms with Gasteiger partial charge in [0.05, 0.1) is 18.8 Å². The molecule has 3 heterocycles. The fourth-order valence-corrected chi connectivity index (χ4v) is 3.68. The number of hydrogen-bond donors (Lipinski definition) is 1. The highest BCUT2D eigenvalue weighted by Gasteiger charge is 2.27. The molecule has 0 atom stereocenters. The smallest absolute Gasteiger partial charge is 0.332 e. The number of nitrogens with zero attached hydrogens (tertiary/aromatic N) is 6. The molecule has 1 aromatic carbocycles. The van der Waals surface area contributed by atoms with Gasteiger partial charge in [0.2, 0.25) is 11.9 Å². The largest absolute Gasteiger partial charge is 0.368 e. The van der Waals surface area contributed by atoms with Crippen molar-refractivity contribution in [3.63, 3.8) is 0 Å². The van der Waals surface area contributed by atoms with E-state index in [9.17, 15) is 18.8 Å². The standard InChI is InChI=1S/C18H17ClFN7O3/c1-9-6-25-14-15(22-17(25)27(23-9)8-13(21)28)24(2)18(30)26(16(14)29)7-10-11(19)4-3-5-12(10)20/h3-5H,6-8H2,1-2H3,(H2,21,28). The molecule has 0 aliphatic carbocycles. The lowest BCUT2D eigenvalue weighted by Crippen LogP contribution is -2.40. The van der Waals surface area contributed by atoms with Crippen molar-refractivity contribution in [3.8, 4) is 0 Å². The number of rotatable bonds is 4. The van der Waals surface area contributed by atoms with E-state index in [1.54, 1.807) is 11.5 Å². The molecule has 2 aromatic heterocycles. The van der Waals surface area contributed by atoms with Gasteiger partial charge in [0.15, 0.2) is 11.2 Å². The van der Waals surface area contributed by atoms with Crippen molar-refractivity contribution >= 4 is 40.3 Å². The molecular weight excluding hydrogens is 417 g/mol. The summed E-state index contributed by atoms with van der Waals surface area (Å²) in [5.41, 5.74) is 4.85. The normalized spacial score (nSPS) is 13.5. The van der Waals surface area contributed by atoms with Crippen LogP contribution in [0.15, 0.2) is 32.9 Å². The van der Waals surface area contributed by atoms with Crippen LogP contribution in [0, 0.1) is 5.82 Å². The van der Waals surface area contributed by atoms with Gasteiger partial charge in [-0.1, -0.05) is 17.7 Å². The lowest BCUT2D eigenvalue weighted by atomic mass is 10.2. The Morgan fingerprint density at radius 2 is 2.07 bits per heavy atom. The van der Waals surface area contributed by atoms with Crippen molar-refractivity contribution in [2.24, 2.45) is 17.9 Å². The second-order valence-corrected chi connectivity index (χ2v) is 7.37. The van der Waals surface area contributed by atoms with Gasteiger partial charge in [0, 0.05) is 17.6 Å². The Labute approximate surface area is 173 Å². The summed E-state index contributed by atoms with van der Waals surface area (Å²) < 4.78 is 17.9. The third kappa shape index (κ3) is 3.07. The summed E-state index contributed by atoms with van der Waals surface area (Å²) in [5, 5.41) is 5.64. The maximum absolute atomic E-state index is 14.3. The van der Waals surface area contributed by atoms with Crippen LogP contribution in [0.4, 0.5) is 10.3 Å². The number of primary amides is 1. The van der Waals surface area contributed by atoms with Crippen molar-refractivity contribution in [2.75, 3.05) is 11.6 Å². The zero-order valence-electron chi connectivity index (χ0n) is 16.1. The molecule has 1 aliphatic heterocycles. The number of amides is 1. The van der Waals surface area contributed by atoms with E-state index in [-0.39, 0.29) is 47.3 Å². The molecule has 0 unspecified atom stereocenters. The first-order valence-electron chi connectivity index (χ1n) is 8.92. The third-order valence-corrected chi connectivity index (χ3v) is 5.16. The van der Waals surface area contributed by atoms with E-state index in [0.717, 1.165) is 4.57 Å². The molecule has 0 radical (unpaired) electrons. The second kappa shape index (κ2) is 7.10. The predicted octanol–water partition coefficient (Wildman–Crippen LogP) is 0.419. The monoisotopic (exact) mass is 433 g/mol. The van der Waals surface area contributed by atoms with Crippen molar-refractivity contribution in [2.45, 2.75) is 20.0 Å². The molecule has 2 N–H and O–H groups in total. The highest BCUT2D eigenvalue weighted by atomic mass is 35.5. The van der Waals surface area contributed by atoms with Crippen LogP contribution in [0.25, 0.3) is 11.2 Å². The molecule has 4 rings (SSSR count). The number of halogens is 2. The number of benzene rings is 1. The van der Waals surface area contributed by atoms with Gasteiger partial charge in [-0.2, -0.15) is 10.1 Å².